The van der Waals surface area contributed by atoms with Crippen molar-refractivity contribution in [2.45, 2.75) is 18.2 Å². The first-order valence-corrected chi connectivity index (χ1v) is 7.91. The molecule has 0 fully saturated rings. The number of aromatic nitrogens is 2. The van der Waals surface area contributed by atoms with Gasteiger partial charge in [-0.2, -0.15) is 0 Å². The number of anilines is 1. The van der Waals surface area contributed by atoms with Crippen LogP contribution in [0.15, 0.2) is 52.0 Å². The Hall–Kier alpha value is -2.41. The molecule has 0 saturated carbocycles. The number of rotatable bonds is 4. The maximum Gasteiger partial charge on any atom is 0.261 e. The van der Waals surface area contributed by atoms with Crippen molar-refractivity contribution >= 4 is 26.7 Å². The highest BCUT2D eigenvalue weighted by Gasteiger charge is 2.16. The quantitative estimate of drug-likeness (QED) is 0.800. The summed E-state index contributed by atoms with van der Waals surface area (Å²) in [5.41, 5.74) is 2.30. The predicted molar refractivity (Wildman–Crippen MR) is 78.4 cm³/mol. The molecule has 0 atom stereocenters. The number of aryl methyl sites for hydroxylation is 1. The van der Waals surface area contributed by atoms with Crippen molar-refractivity contribution in [2.24, 2.45) is 0 Å². The summed E-state index contributed by atoms with van der Waals surface area (Å²) in [7, 11) is -3.67. The van der Waals surface area contributed by atoms with Crippen LogP contribution < -0.4 is 4.72 Å². The summed E-state index contributed by atoms with van der Waals surface area (Å²) in [5.74, 6) is 0. The molecule has 1 heterocycles. The molecule has 0 aliphatic heterocycles. The van der Waals surface area contributed by atoms with Gasteiger partial charge in [-0.25, -0.2) is 13.0 Å². The van der Waals surface area contributed by atoms with E-state index in [1.165, 1.54) is 0 Å². The predicted octanol–water partition coefficient (Wildman–Crippen LogP) is 2.59. The summed E-state index contributed by atoms with van der Waals surface area (Å²) in [6.45, 7) is 2.01. The minimum atomic E-state index is -3.67. The lowest BCUT2D eigenvalue weighted by atomic mass is 10.2. The van der Waals surface area contributed by atoms with E-state index in [-0.39, 0.29) is 4.90 Å². The van der Waals surface area contributed by atoms with E-state index >= 15 is 0 Å². The Morgan fingerprint density at radius 1 is 1.10 bits per heavy atom. The Morgan fingerprint density at radius 3 is 2.57 bits per heavy atom. The maximum absolute atomic E-state index is 12.4. The van der Waals surface area contributed by atoms with Gasteiger partial charge in [0.25, 0.3) is 10.0 Å². The van der Waals surface area contributed by atoms with Crippen LogP contribution in [0.25, 0.3) is 11.0 Å². The van der Waals surface area contributed by atoms with Crippen LogP contribution in [0.1, 0.15) is 12.5 Å². The number of benzene rings is 2. The molecule has 1 N–H and O–H groups in total. The van der Waals surface area contributed by atoms with Crippen LogP contribution in [0, 0.1) is 0 Å². The van der Waals surface area contributed by atoms with Gasteiger partial charge in [0.15, 0.2) is 5.52 Å². The Kier molecular flexibility index (Phi) is 3.34. The summed E-state index contributed by atoms with van der Waals surface area (Å²) in [6.07, 6.45) is 0.859. The minimum Gasteiger partial charge on any atom is -0.277 e. The zero-order chi connectivity index (χ0) is 14.9. The monoisotopic (exact) mass is 303 g/mol. The van der Waals surface area contributed by atoms with Crippen LogP contribution in [-0.4, -0.2) is 18.7 Å². The van der Waals surface area contributed by atoms with Gasteiger partial charge < -0.3 is 0 Å². The zero-order valence-corrected chi connectivity index (χ0v) is 12.1. The van der Waals surface area contributed by atoms with Crippen LogP contribution in [0.4, 0.5) is 5.69 Å². The number of fused-ring (bicyclic) bond motifs is 1. The van der Waals surface area contributed by atoms with Crippen LogP contribution in [0.3, 0.4) is 0 Å². The molecule has 0 spiro atoms. The summed E-state index contributed by atoms with van der Waals surface area (Å²) in [6, 6.07) is 11.8. The second-order valence-corrected chi connectivity index (χ2v) is 6.22. The van der Waals surface area contributed by atoms with Gasteiger partial charge in [0, 0.05) is 0 Å². The molecule has 0 aliphatic rings. The maximum atomic E-state index is 12.4. The van der Waals surface area contributed by atoms with E-state index in [0.29, 0.717) is 16.7 Å². The van der Waals surface area contributed by atoms with Gasteiger partial charge in [-0.1, -0.05) is 25.1 Å². The van der Waals surface area contributed by atoms with Gasteiger partial charge in [0.1, 0.15) is 5.52 Å². The standard InChI is InChI=1S/C14H13N3O3S/c1-2-10-6-8-11(9-7-10)21(18,19)17-13-5-3-4-12-14(13)16-20-15-12/h3-9,17H,2H2,1H3. The van der Waals surface area contributed by atoms with Gasteiger partial charge >= 0.3 is 0 Å². The summed E-state index contributed by atoms with van der Waals surface area (Å²) >= 11 is 0. The van der Waals surface area contributed by atoms with Gasteiger partial charge in [0.05, 0.1) is 10.6 Å². The van der Waals surface area contributed by atoms with Gasteiger partial charge in [-0.05, 0) is 46.6 Å². The summed E-state index contributed by atoms with van der Waals surface area (Å²) in [4.78, 5) is 0.202. The highest BCUT2D eigenvalue weighted by molar-refractivity contribution is 7.92. The van der Waals surface area contributed by atoms with Crippen molar-refractivity contribution in [3.63, 3.8) is 0 Å². The van der Waals surface area contributed by atoms with Gasteiger partial charge in [-0.3, -0.25) is 4.72 Å². The molecule has 3 aromatic rings. The first-order chi connectivity index (χ1) is 10.1. The van der Waals surface area contributed by atoms with E-state index in [0.717, 1.165) is 12.0 Å². The van der Waals surface area contributed by atoms with Crippen LogP contribution in [-0.2, 0) is 16.4 Å². The number of hydrogen-bond acceptors (Lipinski definition) is 5. The summed E-state index contributed by atoms with van der Waals surface area (Å²) in [5, 5.41) is 7.39. The van der Waals surface area contributed by atoms with E-state index < -0.39 is 10.0 Å². The molecule has 2 aromatic carbocycles. The number of nitrogens with one attached hydrogen (secondary N) is 1. The lowest BCUT2D eigenvalue weighted by Gasteiger charge is -2.08. The minimum absolute atomic E-state index is 0.202. The first kappa shape index (κ1) is 13.6. The van der Waals surface area contributed by atoms with E-state index in [9.17, 15) is 8.42 Å². The molecule has 3 rings (SSSR count). The highest BCUT2D eigenvalue weighted by atomic mass is 32.2. The Morgan fingerprint density at radius 2 is 1.86 bits per heavy atom. The van der Waals surface area contributed by atoms with Crippen molar-refractivity contribution in [3.05, 3.63) is 48.0 Å². The third kappa shape index (κ3) is 2.59. The molecule has 0 aliphatic carbocycles. The van der Waals surface area contributed by atoms with Crippen LogP contribution in [0.5, 0.6) is 0 Å². The average molecular weight is 303 g/mol. The van der Waals surface area contributed by atoms with Crippen LogP contribution in [0.2, 0.25) is 0 Å². The molecule has 0 amide bonds. The Labute approximate surface area is 121 Å². The van der Waals surface area contributed by atoms with Crippen molar-refractivity contribution < 1.29 is 13.0 Å². The van der Waals surface area contributed by atoms with Crippen LogP contribution >= 0.6 is 0 Å². The first-order valence-electron chi connectivity index (χ1n) is 6.43. The highest BCUT2D eigenvalue weighted by Crippen LogP contribution is 2.23. The molecule has 21 heavy (non-hydrogen) atoms. The molecule has 0 saturated heterocycles. The van der Waals surface area contributed by atoms with Crippen molar-refractivity contribution in [3.8, 4) is 0 Å². The number of nitrogens with zero attached hydrogens (tertiary/aromatic N) is 2. The summed E-state index contributed by atoms with van der Waals surface area (Å²) < 4.78 is 31.9. The topological polar surface area (TPSA) is 85.1 Å². The average Bonchev–Trinajstić information content (AvgIpc) is 2.97. The molecule has 108 valence electrons. The number of sulfonamides is 1. The smallest absolute Gasteiger partial charge is 0.261 e. The lowest BCUT2D eigenvalue weighted by Crippen LogP contribution is -2.13. The largest absolute Gasteiger partial charge is 0.277 e. The van der Waals surface area contributed by atoms with Gasteiger partial charge in [0.2, 0.25) is 0 Å². The fourth-order valence-electron chi connectivity index (χ4n) is 2.00. The second-order valence-electron chi connectivity index (χ2n) is 4.54. The van der Waals surface area contributed by atoms with E-state index in [4.69, 9.17) is 0 Å². The SMILES string of the molecule is CCc1ccc(S(=O)(=O)Nc2cccc3nonc23)cc1. The second kappa shape index (κ2) is 5.17. The third-order valence-corrected chi connectivity index (χ3v) is 4.55. The lowest BCUT2D eigenvalue weighted by molar-refractivity contribution is 0.315. The molecule has 7 heteroatoms. The molecule has 0 bridgehead atoms. The molecule has 0 unspecified atom stereocenters. The third-order valence-electron chi connectivity index (χ3n) is 3.17. The van der Waals surface area contributed by atoms with E-state index in [1.54, 1.807) is 42.5 Å². The Balaban J connectivity index is 1.97. The zero-order valence-electron chi connectivity index (χ0n) is 11.3. The molecular formula is C14H13N3O3S. The fraction of sp³-hybridized carbons (Fsp3) is 0.143. The molecule has 0 radical (unpaired) electrons. The molecule has 1 aromatic heterocycles. The molecular weight excluding hydrogens is 290 g/mol. The van der Waals surface area contributed by atoms with E-state index in [2.05, 4.69) is 19.7 Å². The van der Waals surface area contributed by atoms with Crippen molar-refractivity contribution in [1.29, 1.82) is 0 Å². The normalized spacial score (nSPS) is 11.7. The fourth-order valence-corrected chi connectivity index (χ4v) is 3.06. The Bertz CT molecular complexity index is 870. The van der Waals surface area contributed by atoms with Crippen molar-refractivity contribution in [2.75, 3.05) is 4.72 Å². The van der Waals surface area contributed by atoms with E-state index in [1.807, 2.05) is 6.92 Å². The van der Waals surface area contributed by atoms with Crippen molar-refractivity contribution in [1.82, 2.24) is 10.3 Å². The number of hydrogen-bond donors (Lipinski definition) is 1. The van der Waals surface area contributed by atoms with Gasteiger partial charge in [-0.15, -0.1) is 0 Å². The molecule has 6 nitrogen and oxygen atoms in total.